The van der Waals surface area contributed by atoms with Crippen molar-refractivity contribution in [3.05, 3.63) is 90.8 Å². The van der Waals surface area contributed by atoms with Gasteiger partial charge in [-0.2, -0.15) is 0 Å². The second kappa shape index (κ2) is 24.2. The highest BCUT2D eigenvalue weighted by atomic mass is 32.2. The zero-order chi connectivity index (χ0) is 54.7. The summed E-state index contributed by atoms with van der Waals surface area (Å²) in [6.45, 7) is 29.0. The summed E-state index contributed by atoms with van der Waals surface area (Å²) in [7, 11) is -9.56. The van der Waals surface area contributed by atoms with Crippen molar-refractivity contribution in [1.82, 2.24) is 9.55 Å². The van der Waals surface area contributed by atoms with Gasteiger partial charge in [0.25, 0.3) is 20.0 Å². The average molecular weight is 1060 g/mol. The van der Waals surface area contributed by atoms with Crippen LogP contribution in [0.25, 0.3) is 11.0 Å². The molecule has 18 nitrogen and oxygen atoms in total. The van der Waals surface area contributed by atoms with Gasteiger partial charge in [-0.1, -0.05) is 62.3 Å². The molecule has 0 aliphatic rings. The van der Waals surface area contributed by atoms with Gasteiger partial charge in [0.05, 0.1) is 50.2 Å². The summed E-state index contributed by atoms with van der Waals surface area (Å²) < 4.78 is 70.3. The molecular weight excluding hydrogens is 989 g/mol. The van der Waals surface area contributed by atoms with E-state index in [1.54, 1.807) is 30.3 Å². The van der Waals surface area contributed by atoms with Crippen LogP contribution in [0.2, 0.25) is 18.1 Å². The second-order valence-electron chi connectivity index (χ2n) is 21.2. The fourth-order valence-corrected chi connectivity index (χ4v) is 9.90. The minimum absolute atomic E-state index is 0.0424. The number of anilines is 6. The molecule has 5 aromatic rings. The first kappa shape index (κ1) is 59.3. The van der Waals surface area contributed by atoms with E-state index < -0.39 is 33.8 Å². The highest BCUT2D eigenvalue weighted by molar-refractivity contribution is 7.93. The van der Waals surface area contributed by atoms with Gasteiger partial charge in [-0.25, -0.2) is 21.8 Å². The standard InChI is InChI=1S/C28H44N4O5SSi.C24H30N4O5S/c1-20(33)30-21-11-14-23(15-12-21)38(35,36)32-22-13-16-24(25(19-22)31-26(34)27(2,3)4)29-17-10-18-37-39(8,9)28(5,6)7;1-16(29)25-18-7-10-20(11-8-18)34(31,32)27-19-9-12-22-21(15-19)26-23(24(3,4)5)28(22)13-6-14-33-17(2)30/h11-16,19,29,32H,10,17-18H2,1-9H3,(H,30,33)(H,31,34);7-12,15,27H,6,13-14H2,1-5H3,(H,25,29). The molecule has 1 heterocycles. The van der Waals surface area contributed by atoms with E-state index >= 15 is 0 Å². The van der Waals surface area contributed by atoms with Gasteiger partial charge in [0.2, 0.25) is 17.7 Å². The molecule has 0 atom stereocenters. The van der Waals surface area contributed by atoms with Crippen molar-refractivity contribution in [1.29, 1.82) is 0 Å². The van der Waals surface area contributed by atoms with Crippen LogP contribution in [0.4, 0.5) is 34.1 Å². The van der Waals surface area contributed by atoms with Gasteiger partial charge in [-0.05, 0) is 116 Å². The van der Waals surface area contributed by atoms with E-state index in [1.807, 2.05) is 26.8 Å². The molecule has 0 saturated heterocycles. The topological polar surface area (TPSA) is 245 Å². The van der Waals surface area contributed by atoms with Crippen molar-refractivity contribution < 1.29 is 45.2 Å². The maximum absolute atomic E-state index is 13.0. The van der Waals surface area contributed by atoms with Crippen molar-refractivity contribution in [2.24, 2.45) is 5.41 Å². The first-order valence-corrected chi connectivity index (χ1v) is 29.8. The molecule has 398 valence electrons. The number of imidazole rings is 1. The van der Waals surface area contributed by atoms with Crippen LogP contribution in [0, 0.1) is 5.41 Å². The van der Waals surface area contributed by atoms with Gasteiger partial charge in [-0.15, -0.1) is 0 Å². The van der Waals surface area contributed by atoms with Gasteiger partial charge in [0.1, 0.15) is 5.82 Å². The van der Waals surface area contributed by atoms with Crippen LogP contribution < -0.4 is 30.7 Å². The second-order valence-corrected chi connectivity index (χ2v) is 29.4. The minimum Gasteiger partial charge on any atom is -0.466 e. The van der Waals surface area contributed by atoms with E-state index in [0.717, 1.165) is 17.8 Å². The number of hydrogen-bond acceptors (Lipinski definition) is 12. The number of carbonyl (C=O) groups is 4. The Balaban J connectivity index is 0.000000319. The molecule has 5 rings (SSSR count). The Morgan fingerprint density at radius 2 is 1.11 bits per heavy atom. The van der Waals surface area contributed by atoms with Crippen molar-refractivity contribution in [3.63, 3.8) is 0 Å². The van der Waals surface area contributed by atoms with Gasteiger partial charge in [0.15, 0.2) is 8.32 Å². The van der Waals surface area contributed by atoms with Crippen LogP contribution in [-0.2, 0) is 60.3 Å². The monoisotopic (exact) mass is 1060 g/mol. The number of hydrogen-bond donors (Lipinski definition) is 6. The first-order valence-electron chi connectivity index (χ1n) is 24.0. The van der Waals surface area contributed by atoms with E-state index in [0.29, 0.717) is 72.4 Å². The predicted octanol–water partition coefficient (Wildman–Crippen LogP) is 10.3. The molecule has 0 saturated carbocycles. The predicted molar refractivity (Wildman–Crippen MR) is 294 cm³/mol. The number of esters is 1. The first-order chi connectivity index (χ1) is 33.7. The fourth-order valence-electron chi connectivity index (χ4n) is 6.71. The van der Waals surface area contributed by atoms with Crippen LogP contribution in [-0.4, -0.2) is 78.2 Å². The lowest BCUT2D eigenvalue weighted by Crippen LogP contribution is -2.41. The molecule has 0 bridgehead atoms. The van der Waals surface area contributed by atoms with Crippen LogP contribution in [0.15, 0.2) is 94.7 Å². The minimum atomic E-state index is -3.90. The molecule has 21 heteroatoms. The van der Waals surface area contributed by atoms with Crippen molar-refractivity contribution in [2.45, 2.75) is 136 Å². The summed E-state index contributed by atoms with van der Waals surface area (Å²) in [4.78, 5) is 51.1. The third kappa shape index (κ3) is 17.7. The Morgan fingerprint density at radius 1 is 0.616 bits per heavy atom. The van der Waals surface area contributed by atoms with Gasteiger partial charge in [0, 0.05) is 62.7 Å². The molecular formula is C52H74N8O10S2Si. The Kier molecular flexibility index (Phi) is 19.6. The van der Waals surface area contributed by atoms with Crippen LogP contribution >= 0.6 is 0 Å². The summed E-state index contributed by atoms with van der Waals surface area (Å²) in [6.07, 6.45) is 1.42. The number of rotatable bonds is 19. The lowest BCUT2D eigenvalue weighted by atomic mass is 9.95. The number of aryl methyl sites for hydroxylation is 1. The smallest absolute Gasteiger partial charge is 0.302 e. The van der Waals surface area contributed by atoms with E-state index in [1.165, 1.54) is 69.3 Å². The molecule has 0 spiro atoms. The number of sulfonamides is 2. The largest absolute Gasteiger partial charge is 0.466 e. The Hall–Kier alpha value is -6.29. The summed E-state index contributed by atoms with van der Waals surface area (Å²) in [5, 5.41) is 11.6. The highest BCUT2D eigenvalue weighted by Gasteiger charge is 2.37. The molecule has 6 N–H and O–H groups in total. The molecule has 1 aromatic heterocycles. The molecule has 4 aromatic carbocycles. The zero-order valence-electron chi connectivity index (χ0n) is 44.6. The molecule has 0 fully saturated rings. The zero-order valence-corrected chi connectivity index (χ0v) is 47.3. The lowest BCUT2D eigenvalue weighted by Gasteiger charge is -2.36. The molecule has 3 amide bonds. The number of ether oxygens (including phenoxy) is 1. The number of carbonyl (C=O) groups excluding carboxylic acids is 4. The molecule has 0 aliphatic heterocycles. The molecule has 0 aliphatic carbocycles. The summed E-state index contributed by atoms with van der Waals surface area (Å²) in [5.41, 5.74) is 3.52. The number of amides is 3. The SMILES string of the molecule is CC(=O)Nc1ccc(S(=O)(=O)Nc2ccc(NCCCO[Si](C)(C)C(C)(C)C)c(NC(=O)C(C)(C)C)c2)cc1.CC(=O)Nc1ccc(S(=O)(=O)Nc2ccc3c(c2)nc(C(C)(C)C)n3CCCOC(C)=O)cc1. The van der Waals surface area contributed by atoms with Crippen molar-refractivity contribution in [2.75, 3.05) is 50.5 Å². The third-order valence-corrected chi connectivity index (χ3v) is 18.9. The summed E-state index contributed by atoms with van der Waals surface area (Å²) in [6, 6.07) is 22.0. The number of nitrogens with one attached hydrogen (secondary N) is 6. The number of aromatic nitrogens is 2. The quantitative estimate of drug-likeness (QED) is 0.0257. The Morgan fingerprint density at radius 3 is 1.58 bits per heavy atom. The molecule has 0 unspecified atom stereocenters. The normalized spacial score (nSPS) is 12.2. The van der Waals surface area contributed by atoms with Gasteiger partial charge < -0.3 is 35.0 Å². The van der Waals surface area contributed by atoms with Crippen molar-refractivity contribution in [3.8, 4) is 0 Å². The van der Waals surface area contributed by atoms with Crippen LogP contribution in [0.3, 0.4) is 0 Å². The van der Waals surface area contributed by atoms with Crippen LogP contribution in [0.1, 0.15) is 102 Å². The van der Waals surface area contributed by atoms with E-state index in [4.69, 9.17) is 14.1 Å². The maximum atomic E-state index is 13.0. The van der Waals surface area contributed by atoms with Gasteiger partial charge in [-0.3, -0.25) is 28.6 Å². The highest BCUT2D eigenvalue weighted by Crippen LogP contribution is 2.37. The number of nitrogens with zero attached hydrogens (tertiary/aromatic N) is 2. The molecule has 0 radical (unpaired) electrons. The van der Waals surface area contributed by atoms with E-state index in [2.05, 4.69) is 89.9 Å². The van der Waals surface area contributed by atoms with E-state index in [9.17, 15) is 36.0 Å². The van der Waals surface area contributed by atoms with Crippen LogP contribution in [0.5, 0.6) is 0 Å². The summed E-state index contributed by atoms with van der Waals surface area (Å²) in [5.74, 6) is -0.125. The average Bonchev–Trinajstić information content (AvgIpc) is 3.63. The number of benzene rings is 4. The van der Waals surface area contributed by atoms with E-state index in [-0.39, 0.29) is 43.9 Å². The van der Waals surface area contributed by atoms with Crippen molar-refractivity contribution >= 4 is 97.2 Å². The Bertz CT molecular complexity index is 2980. The van der Waals surface area contributed by atoms with Gasteiger partial charge >= 0.3 is 5.97 Å². The number of fused-ring (bicyclic) bond motifs is 1. The Labute approximate surface area is 432 Å². The maximum Gasteiger partial charge on any atom is 0.302 e. The third-order valence-electron chi connectivity index (χ3n) is 11.6. The lowest BCUT2D eigenvalue weighted by molar-refractivity contribution is -0.141. The molecule has 73 heavy (non-hydrogen) atoms. The fraction of sp³-hybridized carbons (Fsp3) is 0.442. The summed E-state index contributed by atoms with van der Waals surface area (Å²) >= 11 is 0.